The molecular weight excluding hydrogens is 248 g/mol. The summed E-state index contributed by atoms with van der Waals surface area (Å²) in [4.78, 5) is 4.27. The second-order valence-electron chi connectivity index (χ2n) is 4.16. The van der Waals surface area contributed by atoms with Crippen LogP contribution in [-0.4, -0.2) is 21.3 Å². The Balaban J connectivity index is 1.91. The highest BCUT2D eigenvalue weighted by molar-refractivity contribution is 6.30. The van der Waals surface area contributed by atoms with Gasteiger partial charge in [0.2, 0.25) is 0 Å². The summed E-state index contributed by atoms with van der Waals surface area (Å²) in [7, 11) is 0. The van der Waals surface area contributed by atoms with Crippen molar-refractivity contribution < 1.29 is 0 Å². The summed E-state index contributed by atoms with van der Waals surface area (Å²) in [6.07, 6.45) is 2.88. The molecule has 1 aromatic carbocycles. The van der Waals surface area contributed by atoms with Gasteiger partial charge in [0.25, 0.3) is 0 Å². The maximum absolute atomic E-state index is 5.85. The third-order valence-corrected chi connectivity index (χ3v) is 2.80. The molecule has 0 saturated carbocycles. The van der Waals surface area contributed by atoms with E-state index in [9.17, 15) is 0 Å². The second-order valence-corrected chi connectivity index (χ2v) is 4.60. The number of hydrogen-bond acceptors (Lipinski definition) is 3. The van der Waals surface area contributed by atoms with Gasteiger partial charge >= 0.3 is 0 Å². The Hall–Kier alpha value is -1.39. The van der Waals surface area contributed by atoms with Crippen molar-refractivity contribution in [1.29, 1.82) is 0 Å². The van der Waals surface area contributed by atoms with E-state index in [1.165, 1.54) is 0 Å². The fourth-order valence-corrected chi connectivity index (χ4v) is 1.77. The fraction of sp³-hybridized carbons (Fsp3) is 0.385. The third kappa shape index (κ3) is 3.82. The number of nitrogens with zero attached hydrogens (tertiary/aromatic N) is 3. The van der Waals surface area contributed by atoms with E-state index in [0.29, 0.717) is 0 Å². The monoisotopic (exact) mass is 264 g/mol. The molecule has 0 aliphatic carbocycles. The van der Waals surface area contributed by atoms with Crippen LogP contribution in [0, 0.1) is 0 Å². The molecule has 5 heteroatoms. The van der Waals surface area contributed by atoms with E-state index in [0.717, 1.165) is 42.5 Å². The molecule has 2 rings (SSSR count). The Morgan fingerprint density at radius 3 is 2.78 bits per heavy atom. The van der Waals surface area contributed by atoms with Crippen LogP contribution >= 0.6 is 11.6 Å². The largest absolute Gasteiger partial charge is 0.310 e. The minimum atomic E-state index is 0.720. The number of aromatic nitrogens is 3. The summed E-state index contributed by atoms with van der Waals surface area (Å²) in [6.45, 7) is 4.57. The van der Waals surface area contributed by atoms with Gasteiger partial charge in [-0.25, -0.2) is 9.67 Å². The van der Waals surface area contributed by atoms with Crippen molar-refractivity contribution in [1.82, 2.24) is 20.1 Å². The normalized spacial score (nSPS) is 10.8. The first-order valence-electron chi connectivity index (χ1n) is 6.11. The van der Waals surface area contributed by atoms with Gasteiger partial charge in [0.1, 0.15) is 6.33 Å². The second kappa shape index (κ2) is 6.52. The quantitative estimate of drug-likeness (QED) is 0.815. The average Bonchev–Trinajstić information content (AvgIpc) is 2.80. The molecule has 2 aromatic rings. The van der Waals surface area contributed by atoms with Gasteiger partial charge in [-0.1, -0.05) is 30.7 Å². The van der Waals surface area contributed by atoms with E-state index in [-0.39, 0.29) is 0 Å². The van der Waals surface area contributed by atoms with Crippen LogP contribution in [0.2, 0.25) is 5.02 Å². The highest BCUT2D eigenvalue weighted by atomic mass is 35.5. The van der Waals surface area contributed by atoms with Crippen molar-refractivity contribution in [3.8, 4) is 0 Å². The van der Waals surface area contributed by atoms with E-state index in [1.807, 2.05) is 28.9 Å². The zero-order valence-electron chi connectivity index (χ0n) is 10.4. The first-order chi connectivity index (χ1) is 8.78. The molecule has 1 N–H and O–H groups in total. The zero-order valence-corrected chi connectivity index (χ0v) is 11.2. The van der Waals surface area contributed by atoms with Crippen LogP contribution in [0.4, 0.5) is 0 Å². The molecule has 0 unspecified atom stereocenters. The van der Waals surface area contributed by atoms with Crippen molar-refractivity contribution in [2.75, 3.05) is 6.54 Å². The minimum Gasteiger partial charge on any atom is -0.310 e. The molecule has 18 heavy (non-hydrogen) atoms. The smallest absolute Gasteiger partial charge is 0.164 e. The number of halogens is 1. The highest BCUT2D eigenvalue weighted by Gasteiger charge is 2.01. The first-order valence-corrected chi connectivity index (χ1v) is 6.49. The molecular formula is C13H17ClN4. The van der Waals surface area contributed by atoms with Gasteiger partial charge in [0.15, 0.2) is 5.82 Å². The van der Waals surface area contributed by atoms with Crippen LogP contribution in [0.15, 0.2) is 30.6 Å². The fourth-order valence-electron chi connectivity index (χ4n) is 1.64. The molecule has 0 spiro atoms. The van der Waals surface area contributed by atoms with Crippen molar-refractivity contribution in [2.45, 2.75) is 26.4 Å². The van der Waals surface area contributed by atoms with Crippen molar-refractivity contribution in [3.05, 3.63) is 47.0 Å². The minimum absolute atomic E-state index is 0.720. The zero-order chi connectivity index (χ0) is 12.8. The Bertz CT molecular complexity index is 478. The lowest BCUT2D eigenvalue weighted by atomic mass is 10.2. The van der Waals surface area contributed by atoms with Crippen molar-refractivity contribution >= 4 is 11.6 Å². The van der Waals surface area contributed by atoms with Gasteiger partial charge in [-0.3, -0.25) is 0 Å². The molecule has 96 valence electrons. The Morgan fingerprint density at radius 1 is 1.28 bits per heavy atom. The third-order valence-electron chi connectivity index (χ3n) is 2.55. The molecule has 0 fully saturated rings. The van der Waals surface area contributed by atoms with Crippen LogP contribution in [0.5, 0.6) is 0 Å². The molecule has 0 bridgehead atoms. The summed E-state index contributed by atoms with van der Waals surface area (Å²) >= 11 is 5.85. The van der Waals surface area contributed by atoms with E-state index >= 15 is 0 Å². The SMILES string of the molecule is CCCNCc1ncn(Cc2ccc(Cl)cc2)n1. The predicted octanol–water partition coefficient (Wildman–Crippen LogP) is 2.48. The van der Waals surface area contributed by atoms with Crippen molar-refractivity contribution in [2.24, 2.45) is 0 Å². The molecule has 4 nitrogen and oxygen atoms in total. The van der Waals surface area contributed by atoms with Crippen LogP contribution in [0.3, 0.4) is 0 Å². The standard InChI is InChI=1S/C13H17ClN4/c1-2-7-15-8-13-16-10-18(17-13)9-11-3-5-12(14)6-4-11/h3-6,10,15H,2,7-9H2,1H3. The Kier molecular flexibility index (Phi) is 4.73. The van der Waals surface area contributed by atoms with E-state index in [2.05, 4.69) is 22.3 Å². The summed E-state index contributed by atoms with van der Waals surface area (Å²) in [5.41, 5.74) is 1.16. The maximum atomic E-state index is 5.85. The Morgan fingerprint density at radius 2 is 2.06 bits per heavy atom. The topological polar surface area (TPSA) is 42.7 Å². The lowest BCUT2D eigenvalue weighted by Crippen LogP contribution is -2.15. The molecule has 0 amide bonds. The van der Waals surface area contributed by atoms with Crippen LogP contribution in [0.25, 0.3) is 0 Å². The first kappa shape index (κ1) is 13.1. The molecule has 0 atom stereocenters. The van der Waals surface area contributed by atoms with Gasteiger partial charge in [-0.05, 0) is 30.7 Å². The molecule has 0 aliphatic heterocycles. The highest BCUT2D eigenvalue weighted by Crippen LogP contribution is 2.10. The average molecular weight is 265 g/mol. The molecule has 1 heterocycles. The van der Waals surface area contributed by atoms with E-state index < -0.39 is 0 Å². The van der Waals surface area contributed by atoms with Crippen LogP contribution in [0.1, 0.15) is 24.7 Å². The van der Waals surface area contributed by atoms with Crippen molar-refractivity contribution in [3.63, 3.8) is 0 Å². The number of benzene rings is 1. The molecule has 0 radical (unpaired) electrons. The summed E-state index contributed by atoms with van der Waals surface area (Å²) < 4.78 is 1.84. The van der Waals surface area contributed by atoms with Gasteiger partial charge in [-0.15, -0.1) is 0 Å². The molecule has 0 saturated heterocycles. The predicted molar refractivity (Wildman–Crippen MR) is 72.6 cm³/mol. The molecule has 0 aliphatic rings. The summed E-state index contributed by atoms with van der Waals surface area (Å²) in [6, 6.07) is 7.77. The summed E-state index contributed by atoms with van der Waals surface area (Å²) in [5.74, 6) is 0.831. The van der Waals surface area contributed by atoms with E-state index in [4.69, 9.17) is 11.6 Å². The molecule has 1 aromatic heterocycles. The van der Waals surface area contributed by atoms with Crippen LogP contribution < -0.4 is 5.32 Å². The lowest BCUT2D eigenvalue weighted by Gasteiger charge is -2.01. The van der Waals surface area contributed by atoms with Gasteiger partial charge in [0, 0.05) is 5.02 Å². The summed E-state index contributed by atoms with van der Waals surface area (Å²) in [5, 5.41) is 8.44. The van der Waals surface area contributed by atoms with Gasteiger partial charge < -0.3 is 5.32 Å². The Labute approximate surface area is 112 Å². The van der Waals surface area contributed by atoms with E-state index in [1.54, 1.807) is 6.33 Å². The van der Waals surface area contributed by atoms with Crippen LogP contribution in [-0.2, 0) is 13.1 Å². The number of hydrogen-bond donors (Lipinski definition) is 1. The number of rotatable bonds is 6. The lowest BCUT2D eigenvalue weighted by molar-refractivity contribution is 0.625. The van der Waals surface area contributed by atoms with Gasteiger partial charge in [0.05, 0.1) is 13.1 Å². The number of nitrogens with one attached hydrogen (secondary N) is 1. The maximum Gasteiger partial charge on any atom is 0.164 e. The van der Waals surface area contributed by atoms with Gasteiger partial charge in [-0.2, -0.15) is 5.10 Å².